The molecule has 0 heterocycles. The van der Waals surface area contributed by atoms with Gasteiger partial charge in [0.05, 0.1) is 5.41 Å². The summed E-state index contributed by atoms with van der Waals surface area (Å²) < 4.78 is 0. The van der Waals surface area contributed by atoms with Crippen LogP contribution < -0.4 is 5.32 Å². The van der Waals surface area contributed by atoms with Crippen LogP contribution in [0.25, 0.3) is 0 Å². The number of rotatable bonds is 19. The molecule has 51 heavy (non-hydrogen) atoms. The van der Waals surface area contributed by atoms with Gasteiger partial charge in [-0.1, -0.05) is 150 Å². The normalized spacial score (nSPS) is 38.3. The highest BCUT2D eigenvalue weighted by atomic mass is 16.2. The Morgan fingerprint density at radius 2 is 1.24 bits per heavy atom. The smallest absolute Gasteiger partial charge is 0.226 e. The molecule has 3 heteroatoms. The number of hydrogen-bond acceptors (Lipinski definition) is 2. The maximum Gasteiger partial charge on any atom is 0.226 e. The van der Waals surface area contributed by atoms with Gasteiger partial charge in [0.2, 0.25) is 5.91 Å². The molecule has 0 aromatic carbocycles. The van der Waals surface area contributed by atoms with Gasteiger partial charge in [-0.3, -0.25) is 9.59 Å². The lowest BCUT2D eigenvalue weighted by molar-refractivity contribution is -0.233. The first-order chi connectivity index (χ1) is 24.3. The third-order valence-electron chi connectivity index (χ3n) is 17.6. The van der Waals surface area contributed by atoms with Gasteiger partial charge in [0.25, 0.3) is 0 Å². The lowest BCUT2D eigenvalue weighted by Gasteiger charge is -2.72. The van der Waals surface area contributed by atoms with Crippen LogP contribution in [-0.4, -0.2) is 18.2 Å². The van der Waals surface area contributed by atoms with Crippen molar-refractivity contribution in [3.05, 3.63) is 12.2 Å². The summed E-state index contributed by atoms with van der Waals surface area (Å²) in [5.41, 5.74) is 1.63. The summed E-state index contributed by atoms with van der Waals surface area (Å²) >= 11 is 0. The van der Waals surface area contributed by atoms with Crippen molar-refractivity contribution in [3.63, 3.8) is 0 Å². The Morgan fingerprint density at radius 1 is 0.667 bits per heavy atom. The predicted molar refractivity (Wildman–Crippen MR) is 217 cm³/mol. The summed E-state index contributed by atoms with van der Waals surface area (Å²) in [6, 6.07) is 0. The SMILES string of the molecule is C=C(C)C1CC[C@]2(C(=O)NCCCCCCCCCCCCCCCCCC)CC[C@@]3(C)C(CCC4[C@@]5(C)CCC(=O)C(C)(C)C5CC[C@]43C)C12. The molecule has 5 rings (SSSR count). The van der Waals surface area contributed by atoms with Gasteiger partial charge >= 0.3 is 0 Å². The topological polar surface area (TPSA) is 46.2 Å². The maximum atomic E-state index is 14.4. The molecule has 3 nitrogen and oxygen atoms in total. The Balaban J connectivity index is 1.10. The van der Waals surface area contributed by atoms with Gasteiger partial charge in [-0.05, 0) is 117 Å². The number of allylic oxidation sites excluding steroid dienone is 1. The minimum atomic E-state index is -0.216. The second-order valence-corrected chi connectivity index (χ2v) is 20.5. The molecule has 0 aromatic heterocycles. The fourth-order valence-corrected chi connectivity index (χ4v) is 14.4. The molecule has 0 spiro atoms. The fourth-order valence-electron chi connectivity index (χ4n) is 14.4. The summed E-state index contributed by atoms with van der Waals surface area (Å²) in [6.07, 6.45) is 33.2. The lowest BCUT2D eigenvalue weighted by atomic mass is 9.32. The van der Waals surface area contributed by atoms with Crippen LogP contribution in [0.4, 0.5) is 0 Å². The highest BCUT2D eigenvalue weighted by Crippen LogP contribution is 2.77. The summed E-state index contributed by atoms with van der Waals surface area (Å²) in [7, 11) is 0. The molecule has 9 atom stereocenters. The number of carbonyl (C=O) groups is 2. The van der Waals surface area contributed by atoms with Crippen LogP contribution in [0.15, 0.2) is 12.2 Å². The summed E-state index contributed by atoms with van der Waals surface area (Å²) in [4.78, 5) is 27.6. The van der Waals surface area contributed by atoms with Gasteiger partial charge in [-0.2, -0.15) is 0 Å². The Bertz CT molecular complexity index is 1190. The molecule has 292 valence electrons. The van der Waals surface area contributed by atoms with E-state index in [1.807, 2.05) is 0 Å². The van der Waals surface area contributed by atoms with Crippen LogP contribution in [0.5, 0.6) is 0 Å². The van der Waals surface area contributed by atoms with Crippen LogP contribution in [0, 0.1) is 56.7 Å². The van der Waals surface area contributed by atoms with Gasteiger partial charge in [0, 0.05) is 18.4 Å². The molecule has 5 fully saturated rings. The largest absolute Gasteiger partial charge is 0.356 e. The van der Waals surface area contributed by atoms with Crippen molar-refractivity contribution in [1.82, 2.24) is 5.32 Å². The highest BCUT2D eigenvalue weighted by Gasteiger charge is 2.71. The van der Waals surface area contributed by atoms with Crippen LogP contribution >= 0.6 is 0 Å². The molecule has 0 bridgehead atoms. The van der Waals surface area contributed by atoms with Gasteiger partial charge in [-0.25, -0.2) is 0 Å². The van der Waals surface area contributed by atoms with Crippen molar-refractivity contribution in [1.29, 1.82) is 0 Å². The van der Waals surface area contributed by atoms with E-state index in [9.17, 15) is 9.59 Å². The summed E-state index contributed by atoms with van der Waals surface area (Å²) in [6.45, 7) is 22.4. The molecule has 1 N–H and O–H groups in total. The van der Waals surface area contributed by atoms with Crippen molar-refractivity contribution in [3.8, 4) is 0 Å². The number of ketones is 1. The minimum absolute atomic E-state index is 0.200. The predicted octanol–water partition coefficient (Wildman–Crippen LogP) is 13.6. The number of fused-ring (bicyclic) bond motifs is 7. The molecular weight excluding hydrogens is 623 g/mol. The van der Waals surface area contributed by atoms with Crippen LogP contribution in [0.2, 0.25) is 0 Å². The summed E-state index contributed by atoms with van der Waals surface area (Å²) in [5.74, 6) is 3.51. The van der Waals surface area contributed by atoms with Gasteiger partial charge in [0.15, 0.2) is 0 Å². The molecule has 5 unspecified atom stereocenters. The Kier molecular flexibility index (Phi) is 13.8. The molecular formula is C48H83NO2. The Hall–Kier alpha value is -1.12. The third-order valence-corrected chi connectivity index (χ3v) is 17.6. The quantitative estimate of drug-likeness (QED) is 0.107. The standard InChI is InChI=1S/C48H83NO2/c1-9-10-11-12-13-14-15-16-17-18-19-20-21-22-23-24-35-49-43(51)48-32-27-37(36(2)3)42(48)38-25-26-40-45(6)30-29-41(50)44(4,5)39(45)28-31-47(40,8)46(38,7)33-34-48/h37-40,42H,2,9-35H2,1,3-8H3,(H,49,51)/t37?,38?,39?,40?,42?,45-,46-,47+,48-/m0/s1. The zero-order valence-electron chi connectivity index (χ0n) is 35.0. The van der Waals surface area contributed by atoms with E-state index in [1.54, 1.807) is 0 Å². The van der Waals surface area contributed by atoms with Crippen LogP contribution in [-0.2, 0) is 9.59 Å². The first-order valence-corrected chi connectivity index (χ1v) is 22.8. The van der Waals surface area contributed by atoms with E-state index in [2.05, 4.69) is 60.4 Å². The zero-order chi connectivity index (χ0) is 36.9. The first-order valence-electron chi connectivity index (χ1n) is 22.8. The number of carbonyl (C=O) groups excluding carboxylic acids is 2. The fraction of sp³-hybridized carbons (Fsp3) is 0.917. The van der Waals surface area contributed by atoms with Crippen LogP contribution in [0.1, 0.15) is 215 Å². The third kappa shape index (κ3) is 7.86. The van der Waals surface area contributed by atoms with Gasteiger partial charge < -0.3 is 5.32 Å². The molecule has 1 amide bonds. The average molecular weight is 706 g/mol. The average Bonchev–Trinajstić information content (AvgIpc) is 3.50. The molecule has 0 aromatic rings. The molecule has 5 aliphatic carbocycles. The first kappa shape index (κ1) is 41.1. The zero-order valence-corrected chi connectivity index (χ0v) is 35.0. The number of amides is 1. The second kappa shape index (κ2) is 17.1. The van der Waals surface area contributed by atoms with E-state index in [4.69, 9.17) is 0 Å². The minimum Gasteiger partial charge on any atom is -0.356 e. The Morgan fingerprint density at radius 3 is 1.80 bits per heavy atom. The Labute approximate surface area is 316 Å². The maximum absolute atomic E-state index is 14.4. The van der Waals surface area contributed by atoms with E-state index in [-0.39, 0.29) is 27.1 Å². The van der Waals surface area contributed by atoms with Crippen LogP contribution in [0.3, 0.4) is 0 Å². The number of hydrogen-bond donors (Lipinski definition) is 1. The van der Waals surface area contributed by atoms with Crippen molar-refractivity contribution in [2.75, 3.05) is 6.54 Å². The van der Waals surface area contributed by atoms with Crippen molar-refractivity contribution in [2.24, 2.45) is 56.7 Å². The second-order valence-electron chi connectivity index (χ2n) is 20.5. The van der Waals surface area contributed by atoms with E-state index < -0.39 is 0 Å². The number of nitrogens with one attached hydrogen (secondary N) is 1. The van der Waals surface area contributed by atoms with Gasteiger partial charge in [-0.15, -0.1) is 0 Å². The molecule has 5 aliphatic rings. The summed E-state index contributed by atoms with van der Waals surface area (Å²) in [5, 5.41) is 3.55. The number of Topliss-reactive ketones (excluding diaryl/α,β-unsaturated/α-hetero) is 1. The number of unbranched alkanes of at least 4 members (excludes halogenated alkanes) is 15. The van der Waals surface area contributed by atoms with Crippen molar-refractivity contribution < 1.29 is 9.59 Å². The monoisotopic (exact) mass is 706 g/mol. The van der Waals surface area contributed by atoms with Gasteiger partial charge in [0.1, 0.15) is 5.78 Å². The lowest BCUT2D eigenvalue weighted by Crippen LogP contribution is -2.67. The highest BCUT2D eigenvalue weighted by molar-refractivity contribution is 5.85. The van der Waals surface area contributed by atoms with E-state index in [0.29, 0.717) is 41.3 Å². The molecule has 0 saturated heterocycles. The van der Waals surface area contributed by atoms with E-state index in [0.717, 1.165) is 45.1 Å². The van der Waals surface area contributed by atoms with E-state index in [1.165, 1.54) is 134 Å². The molecule has 0 radical (unpaired) electrons. The van der Waals surface area contributed by atoms with Crippen molar-refractivity contribution >= 4 is 11.7 Å². The van der Waals surface area contributed by atoms with E-state index >= 15 is 0 Å². The molecule has 5 saturated carbocycles. The molecule has 0 aliphatic heterocycles. The van der Waals surface area contributed by atoms with Crippen molar-refractivity contribution in [2.45, 2.75) is 215 Å².